The average Bonchev–Trinajstić information content (AvgIpc) is 2.25. The van der Waals surface area contributed by atoms with E-state index in [1.54, 1.807) is 0 Å². The monoisotopic (exact) mass is 329 g/mol. The zero-order valence-corrected chi connectivity index (χ0v) is 13.7. The lowest BCUT2D eigenvalue weighted by Gasteiger charge is -2.33. The molecule has 0 aliphatic rings. The van der Waals surface area contributed by atoms with Crippen molar-refractivity contribution in [3.63, 3.8) is 0 Å². The molecule has 0 amide bonds. The number of anilines is 1. The second-order valence-electron chi connectivity index (χ2n) is 5.09. The highest BCUT2D eigenvalue weighted by Crippen LogP contribution is 2.25. The molecule has 0 heterocycles. The minimum Gasteiger partial charge on any atom is -0.389 e. The summed E-state index contributed by atoms with van der Waals surface area (Å²) in [7, 11) is 4.13. The maximum absolute atomic E-state index is 5.77. The number of thiocarbonyl (C=S) groups is 1. The van der Waals surface area contributed by atoms with Crippen molar-refractivity contribution >= 4 is 38.8 Å². The highest BCUT2D eigenvalue weighted by atomic mass is 79.9. The molecule has 5 heteroatoms. The Kier molecular flexibility index (Phi) is 5.13. The molecule has 0 fully saturated rings. The van der Waals surface area contributed by atoms with Crippen molar-refractivity contribution < 1.29 is 0 Å². The Morgan fingerprint density at radius 2 is 2.06 bits per heavy atom. The van der Waals surface area contributed by atoms with Gasteiger partial charge in [-0.05, 0) is 56.0 Å². The van der Waals surface area contributed by atoms with Crippen LogP contribution in [0.2, 0.25) is 0 Å². The molecule has 3 N–H and O–H groups in total. The van der Waals surface area contributed by atoms with Gasteiger partial charge in [-0.25, -0.2) is 0 Å². The minimum atomic E-state index is 0.0514. The van der Waals surface area contributed by atoms with Gasteiger partial charge in [-0.2, -0.15) is 0 Å². The van der Waals surface area contributed by atoms with Crippen LogP contribution in [-0.4, -0.2) is 36.1 Å². The molecule has 0 spiro atoms. The van der Waals surface area contributed by atoms with E-state index in [2.05, 4.69) is 54.1 Å². The minimum absolute atomic E-state index is 0.0514. The van der Waals surface area contributed by atoms with Crippen LogP contribution in [0.5, 0.6) is 0 Å². The molecule has 0 aliphatic carbocycles. The summed E-state index contributed by atoms with van der Waals surface area (Å²) in [5.41, 5.74) is 7.64. The van der Waals surface area contributed by atoms with Gasteiger partial charge in [0.25, 0.3) is 0 Å². The number of nitrogens with zero attached hydrogens (tertiary/aromatic N) is 1. The molecule has 1 aromatic rings. The van der Waals surface area contributed by atoms with Gasteiger partial charge >= 0.3 is 0 Å². The van der Waals surface area contributed by atoms with Crippen LogP contribution >= 0.6 is 28.1 Å². The zero-order chi connectivity index (χ0) is 13.9. The number of nitrogens with one attached hydrogen (secondary N) is 1. The van der Waals surface area contributed by atoms with E-state index >= 15 is 0 Å². The van der Waals surface area contributed by atoms with Crippen molar-refractivity contribution in [2.75, 3.05) is 26.0 Å². The molecule has 0 aromatic heterocycles. The Hall–Kier alpha value is -0.650. The molecule has 3 nitrogen and oxygen atoms in total. The summed E-state index contributed by atoms with van der Waals surface area (Å²) in [6.07, 6.45) is 0. The number of nitrogens with two attached hydrogens (primary N) is 1. The first-order valence-electron chi connectivity index (χ1n) is 5.75. The lowest BCUT2D eigenvalue weighted by atomic mass is 10.0. The van der Waals surface area contributed by atoms with Crippen LogP contribution in [0.3, 0.4) is 0 Å². The second-order valence-corrected chi connectivity index (χ2v) is 6.38. The predicted molar refractivity (Wildman–Crippen MR) is 86.3 cm³/mol. The molecular weight excluding hydrogens is 310 g/mol. The number of hydrogen-bond acceptors (Lipinski definition) is 3. The molecule has 0 radical (unpaired) electrons. The largest absolute Gasteiger partial charge is 0.389 e. The van der Waals surface area contributed by atoms with Crippen molar-refractivity contribution in [3.05, 3.63) is 28.2 Å². The molecular formula is C13H20BrN3S. The summed E-state index contributed by atoms with van der Waals surface area (Å²) in [6.45, 7) is 5.17. The van der Waals surface area contributed by atoms with Gasteiger partial charge in [0.2, 0.25) is 0 Å². The fraction of sp³-hybridized carbons (Fsp3) is 0.462. The van der Waals surface area contributed by atoms with Crippen molar-refractivity contribution in [1.29, 1.82) is 0 Å². The third-order valence-corrected chi connectivity index (χ3v) is 4.05. The fourth-order valence-corrected chi connectivity index (χ4v) is 2.32. The van der Waals surface area contributed by atoms with E-state index in [0.29, 0.717) is 4.99 Å². The number of hydrogen-bond donors (Lipinski definition) is 2. The molecule has 0 saturated heterocycles. The number of halogens is 1. The molecule has 1 rings (SSSR count). The zero-order valence-electron chi connectivity index (χ0n) is 11.2. The van der Waals surface area contributed by atoms with Crippen LogP contribution < -0.4 is 11.1 Å². The molecule has 0 bridgehead atoms. The molecule has 0 atom stereocenters. The van der Waals surface area contributed by atoms with E-state index in [9.17, 15) is 0 Å². The van der Waals surface area contributed by atoms with Crippen LogP contribution in [0.15, 0.2) is 22.7 Å². The molecule has 0 aliphatic heterocycles. The highest BCUT2D eigenvalue weighted by molar-refractivity contribution is 9.10. The number of likely N-dealkylation sites (N-methyl/N-ethyl adjacent to an activating group) is 1. The Labute approximate surface area is 123 Å². The van der Waals surface area contributed by atoms with Crippen molar-refractivity contribution in [2.24, 2.45) is 5.73 Å². The van der Waals surface area contributed by atoms with Gasteiger partial charge < -0.3 is 16.0 Å². The van der Waals surface area contributed by atoms with Crippen LogP contribution in [0.1, 0.15) is 19.4 Å². The van der Waals surface area contributed by atoms with Crippen molar-refractivity contribution in [3.8, 4) is 0 Å². The van der Waals surface area contributed by atoms with Crippen molar-refractivity contribution in [1.82, 2.24) is 4.90 Å². The fourth-order valence-electron chi connectivity index (χ4n) is 1.39. The van der Waals surface area contributed by atoms with Gasteiger partial charge in [0.15, 0.2) is 0 Å². The summed E-state index contributed by atoms with van der Waals surface area (Å²) in [6, 6.07) is 5.90. The first kappa shape index (κ1) is 15.4. The maximum atomic E-state index is 5.77. The molecule has 0 saturated carbocycles. The Balaban J connectivity index is 2.92. The Morgan fingerprint density at radius 1 is 1.44 bits per heavy atom. The highest BCUT2D eigenvalue weighted by Gasteiger charge is 2.20. The molecule has 18 heavy (non-hydrogen) atoms. The molecule has 1 aromatic carbocycles. The van der Waals surface area contributed by atoms with Crippen LogP contribution in [0, 0.1) is 0 Å². The van der Waals surface area contributed by atoms with Gasteiger partial charge in [-0.3, -0.25) is 0 Å². The Bertz CT molecular complexity index is 444. The third-order valence-electron chi connectivity index (χ3n) is 3.18. The summed E-state index contributed by atoms with van der Waals surface area (Å²) in [5.74, 6) is 0. The first-order valence-corrected chi connectivity index (χ1v) is 6.95. The van der Waals surface area contributed by atoms with E-state index in [4.69, 9.17) is 18.0 Å². The normalized spacial score (nSPS) is 11.7. The topological polar surface area (TPSA) is 41.3 Å². The average molecular weight is 330 g/mol. The van der Waals surface area contributed by atoms with E-state index < -0.39 is 0 Å². The van der Waals surface area contributed by atoms with Crippen molar-refractivity contribution in [2.45, 2.75) is 19.4 Å². The smallest absolute Gasteiger partial charge is 0.107 e. The maximum Gasteiger partial charge on any atom is 0.107 e. The summed E-state index contributed by atoms with van der Waals surface area (Å²) in [4.78, 5) is 2.57. The predicted octanol–water partition coefficient (Wildman–Crippen LogP) is 2.84. The van der Waals surface area contributed by atoms with Crippen LogP contribution in [0.4, 0.5) is 5.69 Å². The number of rotatable bonds is 5. The molecule has 0 unspecified atom stereocenters. The van der Waals surface area contributed by atoms with Gasteiger partial charge in [0.05, 0.1) is 0 Å². The second kappa shape index (κ2) is 5.99. The number of benzene rings is 1. The van der Waals surface area contributed by atoms with E-state index in [-0.39, 0.29) is 5.54 Å². The SMILES string of the molecule is CN(C)C(C)(C)CNc1cccc(Br)c1C(N)=S. The van der Waals surface area contributed by atoms with Gasteiger partial charge in [-0.1, -0.05) is 18.3 Å². The van der Waals surface area contributed by atoms with Crippen LogP contribution in [0.25, 0.3) is 0 Å². The van der Waals surface area contributed by atoms with E-state index in [1.807, 2.05) is 18.2 Å². The Morgan fingerprint density at radius 3 is 2.56 bits per heavy atom. The van der Waals surface area contributed by atoms with E-state index in [1.165, 1.54) is 0 Å². The quantitative estimate of drug-likeness (QED) is 0.815. The third kappa shape index (κ3) is 3.67. The van der Waals surface area contributed by atoms with E-state index in [0.717, 1.165) is 22.3 Å². The lowest BCUT2D eigenvalue weighted by molar-refractivity contribution is 0.210. The van der Waals surface area contributed by atoms with Crippen LogP contribution in [-0.2, 0) is 0 Å². The summed E-state index contributed by atoms with van der Waals surface area (Å²) < 4.78 is 0.919. The van der Waals surface area contributed by atoms with Gasteiger partial charge in [0.1, 0.15) is 4.99 Å². The standard InChI is InChI=1S/C13H20BrN3S/c1-13(2,17(3)4)8-16-10-7-5-6-9(14)11(10)12(15)18/h5-7,16H,8H2,1-4H3,(H2,15,18). The first-order chi connectivity index (χ1) is 8.25. The summed E-state index contributed by atoms with van der Waals surface area (Å²) in [5, 5.41) is 3.42. The van der Waals surface area contributed by atoms with Gasteiger partial charge in [-0.15, -0.1) is 0 Å². The van der Waals surface area contributed by atoms with Gasteiger partial charge in [0, 0.05) is 27.8 Å². The summed E-state index contributed by atoms with van der Waals surface area (Å²) >= 11 is 8.57. The molecule has 100 valence electrons. The lowest BCUT2D eigenvalue weighted by Crippen LogP contribution is -2.44.